The van der Waals surface area contributed by atoms with Gasteiger partial charge in [0.25, 0.3) is 5.91 Å². The maximum atomic E-state index is 13.0. The van der Waals surface area contributed by atoms with E-state index in [4.69, 9.17) is 4.74 Å². The Bertz CT molecular complexity index is 1140. The van der Waals surface area contributed by atoms with Gasteiger partial charge in [0.1, 0.15) is 0 Å². The summed E-state index contributed by atoms with van der Waals surface area (Å²) in [6.07, 6.45) is 6.85. The number of piperidine rings is 1. The van der Waals surface area contributed by atoms with Crippen LogP contribution < -0.4 is 0 Å². The standard InChI is InChI=1S/C25H31N5O3/c1-28-17-21(25(32)30-10-12-33-13-11-30)23(27-28)14-18-6-8-29(9-7-18)24(31)15-19-16-26-22-5-3-2-4-20(19)22/h2-5,16-18,26H,6-15H2,1H3. The Morgan fingerprint density at radius 3 is 2.64 bits per heavy atom. The molecule has 0 radical (unpaired) electrons. The van der Waals surface area contributed by atoms with E-state index in [0.29, 0.717) is 44.2 Å². The first kappa shape index (κ1) is 21.7. The lowest BCUT2D eigenvalue weighted by Crippen LogP contribution is -2.41. The molecule has 0 bridgehead atoms. The number of aromatic amines is 1. The number of aromatic nitrogens is 3. The van der Waals surface area contributed by atoms with Gasteiger partial charge in [-0.05, 0) is 36.8 Å². The van der Waals surface area contributed by atoms with Crippen molar-refractivity contribution in [1.29, 1.82) is 0 Å². The van der Waals surface area contributed by atoms with Gasteiger partial charge >= 0.3 is 0 Å². The molecule has 1 N–H and O–H groups in total. The molecule has 4 heterocycles. The van der Waals surface area contributed by atoms with Crippen molar-refractivity contribution in [2.24, 2.45) is 13.0 Å². The molecule has 1 aromatic carbocycles. The number of hydrogen-bond acceptors (Lipinski definition) is 4. The molecule has 2 amide bonds. The normalized spacial score (nSPS) is 17.6. The van der Waals surface area contributed by atoms with Gasteiger partial charge in [-0.15, -0.1) is 0 Å². The second-order valence-electron chi connectivity index (χ2n) is 9.13. The van der Waals surface area contributed by atoms with Crippen molar-refractivity contribution in [1.82, 2.24) is 24.6 Å². The van der Waals surface area contributed by atoms with E-state index in [9.17, 15) is 9.59 Å². The first-order valence-corrected chi connectivity index (χ1v) is 11.8. The topological polar surface area (TPSA) is 83.5 Å². The van der Waals surface area contributed by atoms with E-state index < -0.39 is 0 Å². The van der Waals surface area contributed by atoms with Crippen LogP contribution in [0.25, 0.3) is 10.9 Å². The molecule has 2 saturated heterocycles. The van der Waals surface area contributed by atoms with Gasteiger partial charge in [-0.1, -0.05) is 18.2 Å². The Morgan fingerprint density at radius 1 is 1.09 bits per heavy atom. The number of para-hydroxylation sites is 1. The quantitative estimate of drug-likeness (QED) is 0.648. The molecule has 0 unspecified atom stereocenters. The molecule has 2 aliphatic rings. The Labute approximate surface area is 193 Å². The Hall–Kier alpha value is -3.13. The fraction of sp³-hybridized carbons (Fsp3) is 0.480. The van der Waals surface area contributed by atoms with Crippen LogP contribution >= 0.6 is 0 Å². The zero-order chi connectivity index (χ0) is 22.8. The molecule has 0 aliphatic carbocycles. The third kappa shape index (κ3) is 4.66. The van der Waals surface area contributed by atoms with Gasteiger partial charge in [-0.2, -0.15) is 5.10 Å². The number of aryl methyl sites for hydroxylation is 1. The number of morpholine rings is 1. The molecule has 8 heteroatoms. The smallest absolute Gasteiger partial charge is 0.257 e. The molecule has 33 heavy (non-hydrogen) atoms. The summed E-state index contributed by atoms with van der Waals surface area (Å²) in [5, 5.41) is 5.73. The lowest BCUT2D eigenvalue weighted by Gasteiger charge is -2.32. The summed E-state index contributed by atoms with van der Waals surface area (Å²) in [6.45, 7) is 3.95. The second kappa shape index (κ2) is 9.39. The molecular formula is C25H31N5O3. The number of rotatable bonds is 5. The predicted molar refractivity (Wildman–Crippen MR) is 125 cm³/mol. The predicted octanol–water partition coefficient (Wildman–Crippen LogP) is 2.40. The van der Waals surface area contributed by atoms with Gasteiger partial charge in [0.15, 0.2) is 0 Å². The summed E-state index contributed by atoms with van der Waals surface area (Å²) >= 11 is 0. The van der Waals surface area contributed by atoms with Gasteiger partial charge in [-0.3, -0.25) is 14.3 Å². The molecule has 2 aliphatic heterocycles. The van der Waals surface area contributed by atoms with Gasteiger partial charge < -0.3 is 19.5 Å². The molecule has 0 spiro atoms. The molecule has 174 valence electrons. The van der Waals surface area contributed by atoms with Crippen molar-refractivity contribution >= 4 is 22.7 Å². The van der Waals surface area contributed by atoms with E-state index >= 15 is 0 Å². The van der Waals surface area contributed by atoms with Crippen LogP contribution in [0, 0.1) is 5.92 Å². The van der Waals surface area contributed by atoms with Gasteiger partial charge in [0.2, 0.25) is 5.91 Å². The summed E-state index contributed by atoms with van der Waals surface area (Å²) in [7, 11) is 1.87. The van der Waals surface area contributed by atoms with Crippen molar-refractivity contribution in [2.45, 2.75) is 25.7 Å². The van der Waals surface area contributed by atoms with E-state index in [1.54, 1.807) is 4.68 Å². The van der Waals surface area contributed by atoms with Crippen LogP contribution in [0.2, 0.25) is 0 Å². The number of amides is 2. The van der Waals surface area contributed by atoms with Crippen molar-refractivity contribution in [3.05, 3.63) is 53.5 Å². The first-order valence-electron chi connectivity index (χ1n) is 11.8. The lowest BCUT2D eigenvalue weighted by molar-refractivity contribution is -0.131. The monoisotopic (exact) mass is 449 g/mol. The number of likely N-dealkylation sites (tertiary alicyclic amines) is 1. The Kier molecular flexibility index (Phi) is 6.17. The highest BCUT2D eigenvalue weighted by Gasteiger charge is 2.28. The average Bonchev–Trinajstić information content (AvgIpc) is 3.42. The van der Waals surface area contributed by atoms with Crippen molar-refractivity contribution in [2.75, 3.05) is 39.4 Å². The summed E-state index contributed by atoms with van der Waals surface area (Å²) in [4.78, 5) is 33.0. The van der Waals surface area contributed by atoms with E-state index in [1.807, 2.05) is 47.4 Å². The van der Waals surface area contributed by atoms with Crippen molar-refractivity contribution in [3.8, 4) is 0 Å². The van der Waals surface area contributed by atoms with Crippen LogP contribution in [0.5, 0.6) is 0 Å². The molecule has 3 aromatic rings. The molecule has 2 aromatic heterocycles. The summed E-state index contributed by atoms with van der Waals surface area (Å²) < 4.78 is 7.12. The van der Waals surface area contributed by atoms with Gasteiger partial charge in [0.05, 0.1) is 30.9 Å². The minimum atomic E-state index is 0.0488. The van der Waals surface area contributed by atoms with E-state index in [1.165, 1.54) is 0 Å². The van der Waals surface area contributed by atoms with Crippen LogP contribution in [0.3, 0.4) is 0 Å². The number of ether oxygens (including phenoxy) is 1. The highest BCUT2D eigenvalue weighted by Crippen LogP contribution is 2.25. The highest BCUT2D eigenvalue weighted by atomic mass is 16.5. The Balaban J connectivity index is 1.18. The number of benzene rings is 1. The summed E-state index contributed by atoms with van der Waals surface area (Å²) in [5.41, 5.74) is 3.70. The summed E-state index contributed by atoms with van der Waals surface area (Å²) in [6, 6.07) is 8.09. The Morgan fingerprint density at radius 2 is 1.85 bits per heavy atom. The zero-order valence-corrected chi connectivity index (χ0v) is 19.1. The third-order valence-electron chi connectivity index (χ3n) is 6.90. The van der Waals surface area contributed by atoms with Crippen molar-refractivity contribution < 1.29 is 14.3 Å². The molecule has 2 fully saturated rings. The highest BCUT2D eigenvalue weighted by molar-refractivity contribution is 5.95. The number of nitrogens with zero attached hydrogens (tertiary/aromatic N) is 4. The maximum Gasteiger partial charge on any atom is 0.257 e. The fourth-order valence-electron chi connectivity index (χ4n) is 5.01. The van der Waals surface area contributed by atoms with E-state index in [0.717, 1.165) is 54.5 Å². The molecule has 0 atom stereocenters. The maximum absolute atomic E-state index is 13.0. The van der Waals surface area contributed by atoms with Crippen LogP contribution in [-0.4, -0.2) is 75.8 Å². The molecule has 5 rings (SSSR count). The first-order chi connectivity index (χ1) is 16.1. The fourth-order valence-corrected chi connectivity index (χ4v) is 5.01. The largest absolute Gasteiger partial charge is 0.378 e. The van der Waals surface area contributed by atoms with Crippen LogP contribution in [0.1, 0.15) is 34.5 Å². The van der Waals surface area contributed by atoms with Gasteiger partial charge in [-0.25, -0.2) is 0 Å². The number of H-pyrrole nitrogens is 1. The SMILES string of the molecule is Cn1cc(C(=O)N2CCOCC2)c(CC2CCN(C(=O)Cc3c[nH]c4ccccc34)CC2)n1. The molecular weight excluding hydrogens is 418 g/mol. The van der Waals surface area contributed by atoms with Crippen LogP contribution in [0.15, 0.2) is 36.7 Å². The number of carbonyl (C=O) groups excluding carboxylic acids is 2. The minimum absolute atomic E-state index is 0.0488. The number of fused-ring (bicyclic) bond motifs is 1. The average molecular weight is 450 g/mol. The number of hydrogen-bond donors (Lipinski definition) is 1. The second-order valence-corrected chi connectivity index (χ2v) is 9.13. The van der Waals surface area contributed by atoms with E-state index in [-0.39, 0.29) is 11.8 Å². The summed E-state index contributed by atoms with van der Waals surface area (Å²) in [5.74, 6) is 0.653. The number of carbonyl (C=O) groups is 2. The minimum Gasteiger partial charge on any atom is -0.378 e. The van der Waals surface area contributed by atoms with Crippen molar-refractivity contribution in [3.63, 3.8) is 0 Å². The molecule has 0 saturated carbocycles. The molecule has 8 nitrogen and oxygen atoms in total. The third-order valence-corrected chi connectivity index (χ3v) is 6.90. The van der Waals surface area contributed by atoms with E-state index in [2.05, 4.69) is 16.1 Å². The van der Waals surface area contributed by atoms with Crippen LogP contribution in [0.4, 0.5) is 0 Å². The van der Waals surface area contributed by atoms with Crippen LogP contribution in [-0.2, 0) is 29.4 Å². The van der Waals surface area contributed by atoms with Gasteiger partial charge in [0, 0.05) is 56.5 Å². The zero-order valence-electron chi connectivity index (χ0n) is 19.1. The lowest BCUT2D eigenvalue weighted by atomic mass is 9.90. The number of nitrogens with one attached hydrogen (secondary N) is 1.